The zero-order valence-corrected chi connectivity index (χ0v) is 14.0. The molecule has 27 heavy (non-hydrogen) atoms. The van der Waals surface area contributed by atoms with E-state index in [1.54, 1.807) is 11.0 Å². The molecule has 136 valence electrons. The largest absolute Gasteiger partial charge is 0.340 e. The summed E-state index contributed by atoms with van der Waals surface area (Å²) >= 11 is 0. The summed E-state index contributed by atoms with van der Waals surface area (Å²) in [4.78, 5) is 22.6. The van der Waals surface area contributed by atoms with Gasteiger partial charge in [-0.05, 0) is 41.5 Å². The van der Waals surface area contributed by atoms with Crippen molar-refractivity contribution in [3.8, 4) is 5.82 Å². The van der Waals surface area contributed by atoms with Gasteiger partial charge in [-0.2, -0.15) is 9.78 Å². The highest BCUT2D eigenvalue weighted by atomic mass is 19.1. The number of imidazole rings is 1. The van der Waals surface area contributed by atoms with Gasteiger partial charge >= 0.3 is 0 Å². The maximum atomic E-state index is 13.5. The second kappa shape index (κ2) is 5.97. The van der Waals surface area contributed by atoms with E-state index in [-0.39, 0.29) is 17.8 Å². The minimum absolute atomic E-state index is 0.191. The van der Waals surface area contributed by atoms with Gasteiger partial charge in [0.05, 0.1) is 23.3 Å². The van der Waals surface area contributed by atoms with E-state index in [4.69, 9.17) is 0 Å². The lowest BCUT2D eigenvalue weighted by atomic mass is 10.2. The third-order valence-electron chi connectivity index (χ3n) is 4.72. The number of nitrogens with one attached hydrogen (secondary N) is 2. The number of benzene rings is 1. The predicted molar refractivity (Wildman–Crippen MR) is 90.4 cm³/mol. The minimum Gasteiger partial charge on any atom is -0.340 e. The fraction of sp³-hybridized carbons (Fsp3) is 0.250. The van der Waals surface area contributed by atoms with Crippen LogP contribution >= 0.6 is 0 Å². The van der Waals surface area contributed by atoms with Crippen molar-refractivity contribution in [3.63, 3.8) is 0 Å². The standard InChI is InChI=1S/C16H14FN9O/c17-9-3-4-11-12(6-9)21-14(20-11)13-2-1-5-25(13)16(27)10-7-18-22-15(10)26-8-19-23-24-26/h3-4,6-8,13H,1-2,5H2,(H,18,22)(H,20,21). The number of carbonyl (C=O) groups excluding carboxylic acids is 1. The van der Waals surface area contributed by atoms with Crippen molar-refractivity contribution in [2.45, 2.75) is 18.9 Å². The van der Waals surface area contributed by atoms with Crippen LogP contribution in [0.15, 0.2) is 30.7 Å². The number of likely N-dealkylation sites (tertiary alicyclic amines) is 1. The van der Waals surface area contributed by atoms with Crippen molar-refractivity contribution in [3.05, 3.63) is 47.9 Å². The Kier molecular flexibility index (Phi) is 3.45. The summed E-state index contributed by atoms with van der Waals surface area (Å²) in [6.45, 7) is 0.592. The van der Waals surface area contributed by atoms with E-state index < -0.39 is 0 Å². The van der Waals surface area contributed by atoms with Crippen LogP contribution in [0.4, 0.5) is 4.39 Å². The average molecular weight is 367 g/mol. The van der Waals surface area contributed by atoms with E-state index in [0.29, 0.717) is 34.8 Å². The van der Waals surface area contributed by atoms with Gasteiger partial charge in [-0.25, -0.2) is 9.37 Å². The van der Waals surface area contributed by atoms with E-state index in [1.165, 1.54) is 29.3 Å². The zero-order valence-electron chi connectivity index (χ0n) is 14.0. The topological polar surface area (TPSA) is 121 Å². The van der Waals surface area contributed by atoms with Gasteiger partial charge in [-0.15, -0.1) is 5.10 Å². The van der Waals surface area contributed by atoms with E-state index in [1.807, 2.05) is 0 Å². The lowest BCUT2D eigenvalue weighted by molar-refractivity contribution is 0.0730. The lowest BCUT2D eigenvalue weighted by Gasteiger charge is -2.23. The molecule has 1 saturated heterocycles. The SMILES string of the molecule is O=C(c1cn[nH]c1-n1cnnn1)N1CCCC1c1nc2ccc(F)cc2[nH]1. The van der Waals surface area contributed by atoms with Crippen molar-refractivity contribution >= 4 is 16.9 Å². The van der Waals surface area contributed by atoms with Crippen LogP contribution in [0, 0.1) is 5.82 Å². The van der Waals surface area contributed by atoms with Crippen LogP contribution in [0.2, 0.25) is 0 Å². The quantitative estimate of drug-likeness (QED) is 0.564. The first kappa shape index (κ1) is 15.6. The van der Waals surface area contributed by atoms with Crippen molar-refractivity contribution in [2.75, 3.05) is 6.54 Å². The van der Waals surface area contributed by atoms with Crippen molar-refractivity contribution in [1.29, 1.82) is 0 Å². The molecule has 1 unspecified atom stereocenters. The number of amides is 1. The summed E-state index contributed by atoms with van der Waals surface area (Å²) in [5, 5.41) is 17.7. The van der Waals surface area contributed by atoms with Crippen LogP contribution in [-0.2, 0) is 0 Å². The Balaban J connectivity index is 1.49. The summed E-state index contributed by atoms with van der Waals surface area (Å²) in [7, 11) is 0. The molecule has 11 heteroatoms. The van der Waals surface area contributed by atoms with Gasteiger partial charge in [0.1, 0.15) is 23.5 Å². The van der Waals surface area contributed by atoms with Gasteiger partial charge in [0.15, 0.2) is 5.82 Å². The molecule has 0 bridgehead atoms. The summed E-state index contributed by atoms with van der Waals surface area (Å²) in [6, 6.07) is 4.18. The molecule has 0 radical (unpaired) electrons. The van der Waals surface area contributed by atoms with Gasteiger partial charge in [-0.1, -0.05) is 0 Å². The highest BCUT2D eigenvalue weighted by Gasteiger charge is 2.34. The highest BCUT2D eigenvalue weighted by molar-refractivity contribution is 5.97. The molecule has 1 atom stereocenters. The predicted octanol–water partition coefficient (Wildman–Crippen LogP) is 1.38. The van der Waals surface area contributed by atoms with E-state index in [9.17, 15) is 9.18 Å². The highest BCUT2D eigenvalue weighted by Crippen LogP contribution is 2.33. The number of tetrazole rings is 1. The number of carbonyl (C=O) groups is 1. The molecule has 4 heterocycles. The maximum absolute atomic E-state index is 13.5. The van der Waals surface area contributed by atoms with Crippen molar-refractivity contribution in [2.24, 2.45) is 0 Å². The van der Waals surface area contributed by atoms with E-state index in [0.717, 1.165) is 12.8 Å². The molecular weight excluding hydrogens is 353 g/mol. The third kappa shape index (κ3) is 2.55. The molecule has 1 aromatic carbocycles. The van der Waals surface area contributed by atoms with Crippen molar-refractivity contribution in [1.82, 2.24) is 45.3 Å². The monoisotopic (exact) mass is 367 g/mol. The number of rotatable bonds is 3. The molecule has 5 rings (SSSR count). The Bertz CT molecular complexity index is 1120. The molecule has 1 aliphatic rings. The Labute approximate surface area is 151 Å². The van der Waals surface area contributed by atoms with Crippen LogP contribution in [-0.4, -0.2) is 57.7 Å². The number of halogens is 1. The molecule has 0 spiro atoms. The van der Waals surface area contributed by atoms with Crippen LogP contribution in [0.5, 0.6) is 0 Å². The fourth-order valence-electron chi connectivity index (χ4n) is 3.48. The Hall–Kier alpha value is -3.63. The van der Waals surface area contributed by atoms with Gasteiger partial charge < -0.3 is 9.88 Å². The van der Waals surface area contributed by atoms with Gasteiger partial charge in [0.2, 0.25) is 0 Å². The second-order valence-electron chi connectivity index (χ2n) is 6.33. The second-order valence-corrected chi connectivity index (χ2v) is 6.33. The molecular formula is C16H14FN9O. The first-order valence-electron chi connectivity index (χ1n) is 8.43. The maximum Gasteiger partial charge on any atom is 0.259 e. The molecule has 1 aliphatic heterocycles. The fourth-order valence-corrected chi connectivity index (χ4v) is 3.48. The Morgan fingerprint density at radius 3 is 3.11 bits per heavy atom. The Morgan fingerprint density at radius 2 is 2.26 bits per heavy atom. The summed E-state index contributed by atoms with van der Waals surface area (Å²) in [5.41, 5.74) is 1.65. The van der Waals surface area contributed by atoms with E-state index >= 15 is 0 Å². The van der Waals surface area contributed by atoms with Crippen LogP contribution in [0.25, 0.3) is 16.9 Å². The molecule has 1 amide bonds. The van der Waals surface area contributed by atoms with Crippen LogP contribution in [0.3, 0.4) is 0 Å². The normalized spacial score (nSPS) is 17.1. The number of hydrogen-bond acceptors (Lipinski definition) is 6. The number of fused-ring (bicyclic) bond motifs is 1. The van der Waals surface area contributed by atoms with E-state index in [2.05, 4.69) is 35.7 Å². The van der Waals surface area contributed by atoms with Crippen LogP contribution in [0.1, 0.15) is 35.1 Å². The number of H-pyrrole nitrogens is 2. The first-order valence-corrected chi connectivity index (χ1v) is 8.43. The van der Waals surface area contributed by atoms with Crippen molar-refractivity contribution < 1.29 is 9.18 Å². The number of aromatic amines is 2. The Morgan fingerprint density at radius 1 is 1.33 bits per heavy atom. The summed E-state index contributed by atoms with van der Waals surface area (Å²) in [5.74, 6) is 0.529. The minimum atomic E-state index is -0.332. The van der Waals surface area contributed by atoms with Gasteiger partial charge in [0, 0.05) is 6.54 Å². The summed E-state index contributed by atoms with van der Waals surface area (Å²) in [6.07, 6.45) is 4.47. The molecule has 0 aliphatic carbocycles. The number of aromatic nitrogens is 8. The third-order valence-corrected chi connectivity index (χ3v) is 4.72. The average Bonchev–Trinajstić information content (AvgIpc) is 3.46. The van der Waals surface area contributed by atoms with Gasteiger partial charge in [0.25, 0.3) is 5.91 Å². The number of nitrogens with zero attached hydrogens (tertiary/aromatic N) is 7. The number of hydrogen-bond donors (Lipinski definition) is 2. The summed E-state index contributed by atoms with van der Waals surface area (Å²) < 4.78 is 14.8. The first-order chi connectivity index (χ1) is 13.2. The molecule has 3 aromatic heterocycles. The molecule has 0 saturated carbocycles. The lowest BCUT2D eigenvalue weighted by Crippen LogP contribution is -2.31. The molecule has 1 fully saturated rings. The molecule has 2 N–H and O–H groups in total. The zero-order chi connectivity index (χ0) is 18.4. The molecule has 4 aromatic rings. The smallest absolute Gasteiger partial charge is 0.259 e. The van der Waals surface area contributed by atoms with Crippen LogP contribution < -0.4 is 0 Å². The van der Waals surface area contributed by atoms with Gasteiger partial charge in [-0.3, -0.25) is 9.89 Å². The molecule has 10 nitrogen and oxygen atoms in total.